The van der Waals surface area contributed by atoms with Crippen molar-refractivity contribution in [1.29, 1.82) is 0 Å². The van der Waals surface area contributed by atoms with Crippen molar-refractivity contribution in [2.75, 3.05) is 13.1 Å². The fourth-order valence-corrected chi connectivity index (χ4v) is 2.66. The predicted octanol–water partition coefficient (Wildman–Crippen LogP) is 1.83. The van der Waals surface area contributed by atoms with Crippen LogP contribution < -0.4 is 5.73 Å². The number of thiophene rings is 1. The minimum atomic E-state index is 0.702. The van der Waals surface area contributed by atoms with E-state index in [1.807, 2.05) is 11.3 Å². The highest BCUT2D eigenvalue weighted by molar-refractivity contribution is 7.10. The SMILES string of the molecule is CCCN=C(N)N1CCc2sccc2C1. The summed E-state index contributed by atoms with van der Waals surface area (Å²) in [5, 5.41) is 2.16. The first kappa shape index (κ1) is 10.5. The lowest BCUT2D eigenvalue weighted by Crippen LogP contribution is -2.40. The summed E-state index contributed by atoms with van der Waals surface area (Å²) in [6.45, 7) is 4.88. The second-order valence-electron chi connectivity index (χ2n) is 3.78. The lowest BCUT2D eigenvalue weighted by atomic mass is 10.1. The summed E-state index contributed by atoms with van der Waals surface area (Å²) in [6, 6.07) is 2.19. The Morgan fingerprint density at radius 1 is 1.67 bits per heavy atom. The van der Waals surface area contributed by atoms with Gasteiger partial charge in [0.1, 0.15) is 0 Å². The van der Waals surface area contributed by atoms with Crippen LogP contribution in [-0.2, 0) is 13.0 Å². The molecule has 15 heavy (non-hydrogen) atoms. The van der Waals surface area contributed by atoms with Crippen LogP contribution in [0.5, 0.6) is 0 Å². The maximum absolute atomic E-state index is 5.94. The van der Waals surface area contributed by atoms with Gasteiger partial charge in [-0.3, -0.25) is 4.99 Å². The van der Waals surface area contributed by atoms with Crippen molar-refractivity contribution in [3.8, 4) is 0 Å². The number of hydrogen-bond acceptors (Lipinski definition) is 2. The van der Waals surface area contributed by atoms with E-state index in [1.165, 1.54) is 10.4 Å². The van der Waals surface area contributed by atoms with Gasteiger partial charge in [-0.2, -0.15) is 0 Å². The van der Waals surface area contributed by atoms with E-state index < -0.39 is 0 Å². The van der Waals surface area contributed by atoms with E-state index in [1.54, 1.807) is 0 Å². The molecule has 0 fully saturated rings. The third kappa shape index (κ3) is 2.31. The van der Waals surface area contributed by atoms with E-state index in [9.17, 15) is 0 Å². The monoisotopic (exact) mass is 223 g/mol. The van der Waals surface area contributed by atoms with E-state index in [0.717, 1.165) is 32.5 Å². The molecule has 0 unspecified atom stereocenters. The molecule has 3 nitrogen and oxygen atoms in total. The Hall–Kier alpha value is -1.03. The van der Waals surface area contributed by atoms with Crippen molar-refractivity contribution in [2.24, 2.45) is 10.7 Å². The molecule has 0 atom stereocenters. The standard InChI is InChI=1S/C11H17N3S/c1-2-5-13-11(12)14-6-3-10-9(8-14)4-7-15-10/h4,7H,2-3,5-6,8H2,1H3,(H2,12,13). The van der Waals surface area contributed by atoms with Crippen LogP contribution in [0.3, 0.4) is 0 Å². The zero-order valence-corrected chi connectivity index (χ0v) is 9.89. The number of hydrogen-bond donors (Lipinski definition) is 1. The van der Waals surface area contributed by atoms with Gasteiger partial charge in [0.15, 0.2) is 5.96 Å². The molecule has 0 spiro atoms. The third-order valence-electron chi connectivity index (χ3n) is 2.63. The lowest BCUT2D eigenvalue weighted by Gasteiger charge is -2.27. The largest absolute Gasteiger partial charge is 0.370 e. The average molecular weight is 223 g/mol. The van der Waals surface area contributed by atoms with Gasteiger partial charge in [0.25, 0.3) is 0 Å². The summed E-state index contributed by atoms with van der Waals surface area (Å²) in [4.78, 5) is 8.03. The number of aliphatic imine (C=N–C) groups is 1. The van der Waals surface area contributed by atoms with Gasteiger partial charge < -0.3 is 10.6 Å². The molecule has 0 aliphatic carbocycles. The van der Waals surface area contributed by atoms with Crippen LogP contribution in [0.2, 0.25) is 0 Å². The summed E-state index contributed by atoms with van der Waals surface area (Å²) < 4.78 is 0. The third-order valence-corrected chi connectivity index (χ3v) is 3.65. The fourth-order valence-electron chi connectivity index (χ4n) is 1.77. The van der Waals surface area contributed by atoms with Crippen LogP contribution in [0.4, 0.5) is 0 Å². The summed E-state index contributed by atoms with van der Waals surface area (Å²) >= 11 is 1.85. The maximum Gasteiger partial charge on any atom is 0.191 e. The second kappa shape index (κ2) is 4.66. The Morgan fingerprint density at radius 3 is 3.33 bits per heavy atom. The molecule has 2 rings (SSSR count). The van der Waals surface area contributed by atoms with Crippen molar-refractivity contribution in [2.45, 2.75) is 26.3 Å². The van der Waals surface area contributed by atoms with Crippen LogP contribution in [-0.4, -0.2) is 23.9 Å². The van der Waals surface area contributed by atoms with Crippen LogP contribution >= 0.6 is 11.3 Å². The summed E-state index contributed by atoms with van der Waals surface area (Å²) in [5.74, 6) is 0.702. The second-order valence-corrected chi connectivity index (χ2v) is 4.78. The highest BCUT2D eigenvalue weighted by atomic mass is 32.1. The quantitative estimate of drug-likeness (QED) is 0.614. The molecule has 0 saturated heterocycles. The van der Waals surface area contributed by atoms with Gasteiger partial charge in [-0.15, -0.1) is 11.3 Å². The van der Waals surface area contributed by atoms with Crippen LogP contribution in [0.25, 0.3) is 0 Å². The highest BCUT2D eigenvalue weighted by Crippen LogP contribution is 2.23. The number of nitrogens with two attached hydrogens (primary N) is 1. The summed E-state index contributed by atoms with van der Waals surface area (Å²) in [5.41, 5.74) is 7.36. The first-order valence-electron chi connectivity index (χ1n) is 5.41. The molecule has 0 saturated carbocycles. The summed E-state index contributed by atoms with van der Waals surface area (Å²) in [6.07, 6.45) is 2.16. The van der Waals surface area contributed by atoms with Gasteiger partial charge in [-0.05, 0) is 29.9 Å². The Labute approximate surface area is 94.6 Å². The molecule has 1 aliphatic rings. The molecule has 1 aromatic heterocycles. The van der Waals surface area contributed by atoms with Crippen molar-refractivity contribution < 1.29 is 0 Å². The minimum Gasteiger partial charge on any atom is -0.370 e. The first-order chi connectivity index (χ1) is 7.31. The molecule has 1 aliphatic heterocycles. The average Bonchev–Trinajstić information content (AvgIpc) is 2.72. The molecule has 4 heteroatoms. The van der Waals surface area contributed by atoms with Crippen molar-refractivity contribution in [3.05, 3.63) is 21.9 Å². The molecule has 0 aromatic carbocycles. The number of rotatable bonds is 2. The smallest absolute Gasteiger partial charge is 0.191 e. The molecule has 2 N–H and O–H groups in total. The number of guanidine groups is 1. The summed E-state index contributed by atoms with van der Waals surface area (Å²) in [7, 11) is 0. The van der Waals surface area contributed by atoms with Gasteiger partial charge in [0.2, 0.25) is 0 Å². The van der Waals surface area contributed by atoms with Crippen LogP contribution in [0, 0.1) is 0 Å². The first-order valence-corrected chi connectivity index (χ1v) is 6.29. The van der Waals surface area contributed by atoms with Gasteiger partial charge >= 0.3 is 0 Å². The van der Waals surface area contributed by atoms with Crippen LogP contribution in [0.15, 0.2) is 16.4 Å². The zero-order chi connectivity index (χ0) is 10.7. The van der Waals surface area contributed by atoms with E-state index in [4.69, 9.17) is 5.73 Å². The Balaban J connectivity index is 2.03. The van der Waals surface area contributed by atoms with Crippen molar-refractivity contribution in [1.82, 2.24) is 4.90 Å². The fraction of sp³-hybridized carbons (Fsp3) is 0.545. The van der Waals surface area contributed by atoms with E-state index >= 15 is 0 Å². The minimum absolute atomic E-state index is 0.702. The Morgan fingerprint density at radius 2 is 2.53 bits per heavy atom. The Bertz CT molecular complexity index is 356. The molecular formula is C11H17N3S. The maximum atomic E-state index is 5.94. The molecular weight excluding hydrogens is 206 g/mol. The molecule has 0 radical (unpaired) electrons. The highest BCUT2D eigenvalue weighted by Gasteiger charge is 2.17. The number of nitrogens with zero attached hydrogens (tertiary/aromatic N) is 2. The molecule has 1 aromatic rings. The Kier molecular flexibility index (Phi) is 3.26. The normalized spacial score (nSPS) is 16.6. The zero-order valence-electron chi connectivity index (χ0n) is 9.07. The molecule has 0 amide bonds. The van der Waals surface area contributed by atoms with E-state index in [2.05, 4.69) is 28.3 Å². The van der Waals surface area contributed by atoms with Crippen molar-refractivity contribution >= 4 is 17.3 Å². The molecule has 82 valence electrons. The topological polar surface area (TPSA) is 41.6 Å². The van der Waals surface area contributed by atoms with Gasteiger partial charge in [-0.25, -0.2) is 0 Å². The van der Waals surface area contributed by atoms with Crippen molar-refractivity contribution in [3.63, 3.8) is 0 Å². The van der Waals surface area contributed by atoms with E-state index in [-0.39, 0.29) is 0 Å². The van der Waals surface area contributed by atoms with E-state index in [0.29, 0.717) is 5.96 Å². The van der Waals surface area contributed by atoms with Crippen LogP contribution in [0.1, 0.15) is 23.8 Å². The van der Waals surface area contributed by atoms with Gasteiger partial charge in [-0.1, -0.05) is 6.92 Å². The molecule has 0 bridgehead atoms. The molecule has 2 heterocycles. The van der Waals surface area contributed by atoms with Gasteiger partial charge in [0.05, 0.1) is 0 Å². The lowest BCUT2D eigenvalue weighted by molar-refractivity contribution is 0.391. The number of fused-ring (bicyclic) bond motifs is 1. The predicted molar refractivity (Wildman–Crippen MR) is 65.2 cm³/mol. The van der Waals surface area contributed by atoms with Gasteiger partial charge in [0, 0.05) is 24.5 Å².